The average Bonchev–Trinajstić information content (AvgIpc) is 2.33. The van der Waals surface area contributed by atoms with Gasteiger partial charge in [-0.1, -0.05) is 13.3 Å². The van der Waals surface area contributed by atoms with Gasteiger partial charge in [-0.05, 0) is 39.2 Å². The van der Waals surface area contributed by atoms with Crippen LogP contribution < -0.4 is 10.1 Å². The zero-order valence-corrected chi connectivity index (χ0v) is 11.7. The van der Waals surface area contributed by atoms with Gasteiger partial charge in [0.05, 0.1) is 6.10 Å². The molecule has 1 aromatic heterocycles. The van der Waals surface area contributed by atoms with Crippen molar-refractivity contribution in [2.45, 2.75) is 52.2 Å². The van der Waals surface area contributed by atoms with Gasteiger partial charge in [0.25, 0.3) is 0 Å². The van der Waals surface area contributed by atoms with Gasteiger partial charge in [0, 0.05) is 30.1 Å². The van der Waals surface area contributed by atoms with Crippen LogP contribution in [0.3, 0.4) is 0 Å². The molecule has 1 aliphatic carbocycles. The molecule has 0 saturated heterocycles. The van der Waals surface area contributed by atoms with Crippen LogP contribution in [-0.4, -0.2) is 18.1 Å². The summed E-state index contributed by atoms with van der Waals surface area (Å²) >= 11 is 0. The molecule has 18 heavy (non-hydrogen) atoms. The Hall–Kier alpha value is -1.09. The first-order chi connectivity index (χ1) is 8.69. The topological polar surface area (TPSA) is 34.2 Å². The predicted octanol–water partition coefficient (Wildman–Crippen LogP) is 3.07. The normalized spacial score (nSPS) is 23.9. The van der Waals surface area contributed by atoms with Crippen LogP contribution in [-0.2, 0) is 6.54 Å². The summed E-state index contributed by atoms with van der Waals surface area (Å²) in [7, 11) is 1.95. The van der Waals surface area contributed by atoms with E-state index in [1.165, 1.54) is 25.7 Å². The molecule has 0 bridgehead atoms. The van der Waals surface area contributed by atoms with Crippen molar-refractivity contribution in [3.8, 4) is 5.75 Å². The number of ether oxygens (including phenoxy) is 1. The Morgan fingerprint density at radius 2 is 2.28 bits per heavy atom. The summed E-state index contributed by atoms with van der Waals surface area (Å²) in [5.74, 6) is 1.80. The molecule has 2 rings (SSSR count). The fourth-order valence-electron chi connectivity index (χ4n) is 2.66. The van der Waals surface area contributed by atoms with Gasteiger partial charge in [-0.2, -0.15) is 0 Å². The van der Waals surface area contributed by atoms with Gasteiger partial charge in [-0.15, -0.1) is 0 Å². The standard InChI is InChI=1S/C15H24N2O/c1-11-5-4-6-14(7-11)18-15-8-12(2)17-10-13(15)9-16-3/h8,10-11,14,16H,4-7,9H2,1-3H3. The maximum atomic E-state index is 6.21. The van der Waals surface area contributed by atoms with E-state index in [9.17, 15) is 0 Å². The Morgan fingerprint density at radius 3 is 3.00 bits per heavy atom. The molecule has 2 atom stereocenters. The number of aryl methyl sites for hydroxylation is 1. The molecule has 2 unspecified atom stereocenters. The number of hydrogen-bond acceptors (Lipinski definition) is 3. The van der Waals surface area contributed by atoms with Crippen LogP contribution in [0.5, 0.6) is 5.75 Å². The second-order valence-electron chi connectivity index (χ2n) is 5.48. The molecule has 0 amide bonds. The predicted molar refractivity (Wildman–Crippen MR) is 73.8 cm³/mol. The summed E-state index contributed by atoms with van der Waals surface area (Å²) < 4.78 is 6.21. The van der Waals surface area contributed by atoms with Crippen LogP contribution >= 0.6 is 0 Å². The lowest BCUT2D eigenvalue weighted by atomic mass is 9.88. The van der Waals surface area contributed by atoms with E-state index in [0.29, 0.717) is 6.10 Å². The van der Waals surface area contributed by atoms with Crippen molar-refractivity contribution in [3.63, 3.8) is 0 Å². The van der Waals surface area contributed by atoms with Gasteiger partial charge in [0.1, 0.15) is 5.75 Å². The largest absolute Gasteiger partial charge is 0.490 e. The Bertz CT molecular complexity index is 392. The third-order valence-electron chi connectivity index (χ3n) is 3.63. The minimum Gasteiger partial charge on any atom is -0.490 e. The van der Waals surface area contributed by atoms with Gasteiger partial charge < -0.3 is 10.1 Å². The molecule has 0 aromatic carbocycles. The lowest BCUT2D eigenvalue weighted by Gasteiger charge is -2.28. The van der Waals surface area contributed by atoms with Crippen LogP contribution in [0.25, 0.3) is 0 Å². The van der Waals surface area contributed by atoms with Crippen molar-refractivity contribution in [2.24, 2.45) is 5.92 Å². The Kier molecular flexibility index (Phi) is 4.59. The molecular weight excluding hydrogens is 224 g/mol. The Labute approximate surface area is 110 Å². The van der Waals surface area contributed by atoms with Gasteiger partial charge in [-0.25, -0.2) is 0 Å². The van der Waals surface area contributed by atoms with Crippen molar-refractivity contribution in [1.82, 2.24) is 10.3 Å². The van der Waals surface area contributed by atoms with Crippen LogP contribution in [0.15, 0.2) is 12.3 Å². The van der Waals surface area contributed by atoms with E-state index in [4.69, 9.17) is 4.74 Å². The minimum atomic E-state index is 0.381. The minimum absolute atomic E-state index is 0.381. The van der Waals surface area contributed by atoms with Gasteiger partial charge in [0.2, 0.25) is 0 Å². The lowest BCUT2D eigenvalue weighted by Crippen LogP contribution is -2.25. The lowest BCUT2D eigenvalue weighted by molar-refractivity contribution is 0.127. The summed E-state index contributed by atoms with van der Waals surface area (Å²) in [6.07, 6.45) is 7.31. The number of hydrogen-bond donors (Lipinski definition) is 1. The second-order valence-corrected chi connectivity index (χ2v) is 5.48. The van der Waals surface area contributed by atoms with E-state index in [1.54, 1.807) is 0 Å². The molecular formula is C15H24N2O. The van der Waals surface area contributed by atoms with Crippen LogP contribution in [0, 0.1) is 12.8 Å². The first-order valence-corrected chi connectivity index (χ1v) is 6.96. The van der Waals surface area contributed by atoms with Crippen LogP contribution in [0.1, 0.15) is 43.9 Å². The van der Waals surface area contributed by atoms with E-state index in [2.05, 4.69) is 23.3 Å². The molecule has 3 heteroatoms. The molecule has 1 heterocycles. The SMILES string of the molecule is CNCc1cnc(C)cc1OC1CCCC(C)C1. The van der Waals surface area contributed by atoms with E-state index in [-0.39, 0.29) is 0 Å². The fourth-order valence-corrected chi connectivity index (χ4v) is 2.66. The summed E-state index contributed by atoms with van der Waals surface area (Å²) in [6, 6.07) is 2.06. The van der Waals surface area contributed by atoms with Crippen LogP contribution in [0.4, 0.5) is 0 Å². The molecule has 100 valence electrons. The maximum Gasteiger partial charge on any atom is 0.127 e. The average molecular weight is 248 g/mol. The monoisotopic (exact) mass is 248 g/mol. The molecule has 0 aliphatic heterocycles. The molecule has 0 radical (unpaired) electrons. The highest BCUT2D eigenvalue weighted by molar-refractivity contribution is 5.33. The first-order valence-electron chi connectivity index (χ1n) is 6.96. The molecule has 1 N–H and O–H groups in total. The number of nitrogens with one attached hydrogen (secondary N) is 1. The van der Waals surface area contributed by atoms with Crippen molar-refractivity contribution in [3.05, 3.63) is 23.5 Å². The van der Waals surface area contributed by atoms with Crippen molar-refractivity contribution in [2.75, 3.05) is 7.05 Å². The van der Waals surface area contributed by atoms with Gasteiger partial charge >= 0.3 is 0 Å². The molecule has 1 saturated carbocycles. The highest BCUT2D eigenvalue weighted by Crippen LogP contribution is 2.29. The fraction of sp³-hybridized carbons (Fsp3) is 0.667. The smallest absolute Gasteiger partial charge is 0.127 e. The van der Waals surface area contributed by atoms with E-state index >= 15 is 0 Å². The van der Waals surface area contributed by atoms with E-state index < -0.39 is 0 Å². The summed E-state index contributed by atoms with van der Waals surface area (Å²) in [5.41, 5.74) is 2.18. The summed E-state index contributed by atoms with van der Waals surface area (Å²) in [5, 5.41) is 3.17. The summed E-state index contributed by atoms with van der Waals surface area (Å²) in [4.78, 5) is 4.35. The number of pyridine rings is 1. The third kappa shape index (κ3) is 3.45. The van der Waals surface area contributed by atoms with Gasteiger partial charge in [-0.3, -0.25) is 4.98 Å². The second kappa shape index (κ2) is 6.19. The van der Waals surface area contributed by atoms with Crippen molar-refractivity contribution < 1.29 is 4.74 Å². The number of aromatic nitrogens is 1. The Balaban J connectivity index is 2.08. The number of rotatable bonds is 4. The highest BCUT2D eigenvalue weighted by atomic mass is 16.5. The molecule has 0 spiro atoms. The first kappa shape index (κ1) is 13.3. The quantitative estimate of drug-likeness (QED) is 0.889. The molecule has 1 aromatic rings. The zero-order chi connectivity index (χ0) is 13.0. The number of nitrogens with zero attached hydrogens (tertiary/aromatic N) is 1. The van der Waals surface area contributed by atoms with E-state index in [1.807, 2.05) is 20.2 Å². The Morgan fingerprint density at radius 1 is 1.44 bits per heavy atom. The third-order valence-corrected chi connectivity index (χ3v) is 3.63. The van der Waals surface area contributed by atoms with E-state index in [0.717, 1.165) is 29.5 Å². The van der Waals surface area contributed by atoms with Crippen molar-refractivity contribution >= 4 is 0 Å². The maximum absolute atomic E-state index is 6.21. The highest BCUT2D eigenvalue weighted by Gasteiger charge is 2.21. The molecule has 1 aliphatic rings. The van der Waals surface area contributed by atoms with Crippen LogP contribution in [0.2, 0.25) is 0 Å². The molecule has 1 fully saturated rings. The molecule has 3 nitrogen and oxygen atoms in total. The zero-order valence-electron chi connectivity index (χ0n) is 11.7. The van der Waals surface area contributed by atoms with Crippen molar-refractivity contribution in [1.29, 1.82) is 0 Å². The van der Waals surface area contributed by atoms with Gasteiger partial charge in [0.15, 0.2) is 0 Å². The summed E-state index contributed by atoms with van der Waals surface area (Å²) in [6.45, 7) is 5.15.